The fraction of sp³-hybridized carbons (Fsp3) is 0.286. The largest absolute Gasteiger partial charge is 0.326 e. The molecule has 19 heavy (non-hydrogen) atoms. The average Bonchev–Trinajstić information content (AvgIpc) is 2.62. The number of rotatable bonds is 3. The molecule has 1 N–H and O–H groups in total. The van der Waals surface area contributed by atoms with E-state index in [-0.39, 0.29) is 5.91 Å². The van der Waals surface area contributed by atoms with Gasteiger partial charge in [0, 0.05) is 23.5 Å². The molecule has 100 valence electrons. The molecule has 0 aliphatic heterocycles. The van der Waals surface area contributed by atoms with Gasteiger partial charge in [0.2, 0.25) is 5.91 Å². The summed E-state index contributed by atoms with van der Waals surface area (Å²) < 4.78 is 1.72. The highest BCUT2D eigenvalue weighted by atomic mass is 35.5. The standard InChI is InChI=1S/C14H16ClN3O/c1-9-4-5-11(7-13(9)15)16-14(19)8-12-6-10(2)17-18(12)3/h4-7H,8H2,1-3H3,(H,16,19). The predicted octanol–water partition coefficient (Wildman–Crippen LogP) is 2.87. The second-order valence-electron chi connectivity index (χ2n) is 4.59. The van der Waals surface area contributed by atoms with E-state index >= 15 is 0 Å². The maximum absolute atomic E-state index is 11.9. The van der Waals surface area contributed by atoms with Crippen molar-refractivity contribution in [3.63, 3.8) is 0 Å². The van der Waals surface area contributed by atoms with Crippen LogP contribution in [0.4, 0.5) is 5.69 Å². The molecule has 1 aromatic carbocycles. The van der Waals surface area contributed by atoms with Crippen molar-refractivity contribution >= 4 is 23.2 Å². The van der Waals surface area contributed by atoms with Gasteiger partial charge in [-0.1, -0.05) is 17.7 Å². The molecular weight excluding hydrogens is 262 g/mol. The molecule has 0 bridgehead atoms. The first-order chi connectivity index (χ1) is 8.95. The van der Waals surface area contributed by atoms with Crippen molar-refractivity contribution in [2.24, 2.45) is 7.05 Å². The van der Waals surface area contributed by atoms with Crippen LogP contribution in [0.15, 0.2) is 24.3 Å². The number of amides is 1. The number of carbonyl (C=O) groups is 1. The Bertz CT molecular complexity index is 619. The highest BCUT2D eigenvalue weighted by Gasteiger charge is 2.09. The van der Waals surface area contributed by atoms with Gasteiger partial charge in [-0.25, -0.2) is 0 Å². The van der Waals surface area contributed by atoms with Crippen molar-refractivity contribution in [2.75, 3.05) is 5.32 Å². The number of carbonyl (C=O) groups excluding carboxylic acids is 1. The number of hydrogen-bond donors (Lipinski definition) is 1. The molecule has 1 amide bonds. The van der Waals surface area contributed by atoms with Crippen LogP contribution in [0.5, 0.6) is 0 Å². The monoisotopic (exact) mass is 277 g/mol. The highest BCUT2D eigenvalue weighted by molar-refractivity contribution is 6.31. The van der Waals surface area contributed by atoms with E-state index < -0.39 is 0 Å². The number of hydrogen-bond acceptors (Lipinski definition) is 2. The van der Waals surface area contributed by atoms with Crippen molar-refractivity contribution in [3.05, 3.63) is 46.2 Å². The lowest BCUT2D eigenvalue weighted by Gasteiger charge is -2.07. The fourth-order valence-corrected chi connectivity index (χ4v) is 2.05. The van der Waals surface area contributed by atoms with Crippen LogP contribution in [0.25, 0.3) is 0 Å². The molecule has 0 radical (unpaired) electrons. The highest BCUT2D eigenvalue weighted by Crippen LogP contribution is 2.20. The second-order valence-corrected chi connectivity index (χ2v) is 5.00. The Kier molecular flexibility index (Phi) is 3.90. The first-order valence-corrected chi connectivity index (χ1v) is 6.39. The predicted molar refractivity (Wildman–Crippen MR) is 76.5 cm³/mol. The summed E-state index contributed by atoms with van der Waals surface area (Å²) in [5, 5.41) is 7.69. The third-order valence-corrected chi connectivity index (χ3v) is 3.30. The number of halogens is 1. The second kappa shape index (κ2) is 5.45. The lowest BCUT2D eigenvalue weighted by molar-refractivity contribution is -0.115. The summed E-state index contributed by atoms with van der Waals surface area (Å²) in [5.41, 5.74) is 3.48. The Morgan fingerprint density at radius 2 is 2.11 bits per heavy atom. The van der Waals surface area contributed by atoms with Crippen molar-refractivity contribution < 1.29 is 4.79 Å². The first-order valence-electron chi connectivity index (χ1n) is 6.01. The Morgan fingerprint density at radius 3 is 2.68 bits per heavy atom. The van der Waals surface area contributed by atoms with Gasteiger partial charge in [-0.05, 0) is 37.6 Å². The van der Waals surface area contributed by atoms with E-state index in [9.17, 15) is 4.79 Å². The van der Waals surface area contributed by atoms with Gasteiger partial charge < -0.3 is 5.32 Å². The molecule has 0 aliphatic carbocycles. The summed E-state index contributed by atoms with van der Waals surface area (Å²) in [6, 6.07) is 7.38. The van der Waals surface area contributed by atoms with Gasteiger partial charge in [-0.3, -0.25) is 9.48 Å². The van der Waals surface area contributed by atoms with Crippen molar-refractivity contribution in [1.29, 1.82) is 0 Å². The van der Waals surface area contributed by atoms with Gasteiger partial charge in [-0.15, -0.1) is 0 Å². The molecule has 4 nitrogen and oxygen atoms in total. The minimum absolute atomic E-state index is 0.0806. The number of nitrogens with zero attached hydrogens (tertiary/aromatic N) is 2. The molecule has 1 aromatic heterocycles. The summed E-state index contributed by atoms with van der Waals surface area (Å²) in [6.07, 6.45) is 0.294. The van der Waals surface area contributed by atoms with Crippen LogP contribution in [0.2, 0.25) is 5.02 Å². The van der Waals surface area contributed by atoms with Gasteiger partial charge in [0.15, 0.2) is 0 Å². The van der Waals surface area contributed by atoms with E-state index in [2.05, 4.69) is 10.4 Å². The number of aromatic nitrogens is 2. The van der Waals surface area contributed by atoms with E-state index in [1.54, 1.807) is 10.7 Å². The van der Waals surface area contributed by atoms with E-state index in [1.165, 1.54) is 0 Å². The molecule has 0 aliphatic rings. The Labute approximate surface area is 117 Å². The van der Waals surface area contributed by atoms with E-state index in [0.29, 0.717) is 17.1 Å². The molecule has 0 saturated heterocycles. The zero-order chi connectivity index (χ0) is 14.0. The summed E-state index contributed by atoms with van der Waals surface area (Å²) in [7, 11) is 1.83. The van der Waals surface area contributed by atoms with Crippen molar-refractivity contribution in [2.45, 2.75) is 20.3 Å². The summed E-state index contributed by atoms with van der Waals surface area (Å²) in [6.45, 7) is 3.83. The van der Waals surface area contributed by atoms with Gasteiger partial charge in [0.1, 0.15) is 0 Å². The van der Waals surface area contributed by atoms with Crippen molar-refractivity contribution in [1.82, 2.24) is 9.78 Å². The third kappa shape index (κ3) is 3.35. The molecule has 0 fully saturated rings. The number of anilines is 1. The average molecular weight is 278 g/mol. The molecule has 0 spiro atoms. The van der Waals surface area contributed by atoms with E-state index in [0.717, 1.165) is 17.0 Å². The van der Waals surface area contributed by atoms with Crippen LogP contribution in [0, 0.1) is 13.8 Å². The Hall–Kier alpha value is -1.81. The number of nitrogens with one attached hydrogen (secondary N) is 1. The Morgan fingerprint density at radius 1 is 1.37 bits per heavy atom. The SMILES string of the molecule is Cc1cc(CC(=O)Nc2ccc(C)c(Cl)c2)n(C)n1. The number of benzene rings is 1. The molecule has 2 rings (SSSR count). The fourth-order valence-electron chi connectivity index (χ4n) is 1.87. The van der Waals surface area contributed by atoms with Gasteiger partial charge in [0.25, 0.3) is 0 Å². The van der Waals surface area contributed by atoms with Crippen LogP contribution >= 0.6 is 11.6 Å². The quantitative estimate of drug-likeness (QED) is 0.938. The third-order valence-electron chi connectivity index (χ3n) is 2.90. The lowest BCUT2D eigenvalue weighted by atomic mass is 10.2. The molecule has 0 unspecified atom stereocenters. The molecular formula is C14H16ClN3O. The lowest BCUT2D eigenvalue weighted by Crippen LogP contribution is -2.16. The van der Waals surface area contributed by atoms with Crippen LogP contribution < -0.4 is 5.32 Å². The topological polar surface area (TPSA) is 46.9 Å². The smallest absolute Gasteiger partial charge is 0.230 e. The van der Waals surface area contributed by atoms with Gasteiger partial charge in [0.05, 0.1) is 12.1 Å². The molecule has 0 atom stereocenters. The van der Waals surface area contributed by atoms with E-state index in [4.69, 9.17) is 11.6 Å². The molecule has 1 heterocycles. The normalized spacial score (nSPS) is 10.5. The summed E-state index contributed by atoms with van der Waals surface area (Å²) in [4.78, 5) is 11.9. The first kappa shape index (κ1) is 13.6. The number of aryl methyl sites for hydroxylation is 3. The van der Waals surface area contributed by atoms with Crippen LogP contribution in [-0.4, -0.2) is 15.7 Å². The minimum atomic E-state index is -0.0806. The van der Waals surface area contributed by atoms with Gasteiger partial charge in [-0.2, -0.15) is 5.10 Å². The molecule has 0 saturated carbocycles. The Balaban J connectivity index is 2.05. The van der Waals surface area contributed by atoms with Gasteiger partial charge >= 0.3 is 0 Å². The van der Waals surface area contributed by atoms with Crippen LogP contribution in [0.3, 0.4) is 0 Å². The molecule has 2 aromatic rings. The zero-order valence-corrected chi connectivity index (χ0v) is 12.0. The maximum Gasteiger partial charge on any atom is 0.230 e. The molecule has 5 heteroatoms. The summed E-state index contributed by atoms with van der Waals surface area (Å²) in [5.74, 6) is -0.0806. The minimum Gasteiger partial charge on any atom is -0.326 e. The van der Waals surface area contributed by atoms with Crippen molar-refractivity contribution in [3.8, 4) is 0 Å². The van der Waals surface area contributed by atoms with E-state index in [1.807, 2.05) is 39.1 Å². The van der Waals surface area contributed by atoms with Crippen LogP contribution in [0.1, 0.15) is 17.0 Å². The summed E-state index contributed by atoms with van der Waals surface area (Å²) >= 11 is 6.02. The maximum atomic E-state index is 11.9. The van der Waals surface area contributed by atoms with Crippen LogP contribution in [-0.2, 0) is 18.3 Å². The zero-order valence-electron chi connectivity index (χ0n) is 11.2.